The molecule has 1 aromatic carbocycles. The third kappa shape index (κ3) is 3.06. The average molecular weight is 401 g/mol. The fourth-order valence-electron chi connectivity index (χ4n) is 3.71. The van der Waals surface area contributed by atoms with Crippen molar-refractivity contribution in [3.63, 3.8) is 0 Å². The van der Waals surface area contributed by atoms with Gasteiger partial charge in [0, 0.05) is 35.4 Å². The van der Waals surface area contributed by atoms with Crippen LogP contribution in [0.4, 0.5) is 5.69 Å². The molecule has 1 aliphatic carbocycles. The Kier molecular flexibility index (Phi) is 4.20. The lowest BCUT2D eigenvalue weighted by atomic mass is 10.1. The molecule has 0 radical (unpaired) electrons. The van der Waals surface area contributed by atoms with Gasteiger partial charge in [0.15, 0.2) is 5.65 Å². The van der Waals surface area contributed by atoms with Crippen molar-refractivity contribution >= 4 is 33.5 Å². The number of carbonyl (C=O) groups excluding carboxylic acids is 1. The number of fused-ring (bicyclic) bond motifs is 2. The molecule has 1 amide bonds. The summed E-state index contributed by atoms with van der Waals surface area (Å²) in [5.74, 6) is -0.160. The molecule has 150 valence electrons. The molecule has 0 aliphatic heterocycles. The van der Waals surface area contributed by atoms with Crippen LogP contribution in [0.5, 0.6) is 0 Å². The quantitative estimate of drug-likeness (QED) is 0.546. The van der Waals surface area contributed by atoms with E-state index < -0.39 is 17.2 Å². The van der Waals surface area contributed by atoms with E-state index in [9.17, 15) is 14.4 Å². The summed E-state index contributed by atoms with van der Waals surface area (Å²) in [6.45, 7) is 2.14. The number of H-pyrrole nitrogens is 1. The van der Waals surface area contributed by atoms with E-state index in [-0.39, 0.29) is 22.5 Å². The molecule has 0 spiro atoms. The van der Waals surface area contributed by atoms with Crippen LogP contribution in [0.1, 0.15) is 41.7 Å². The van der Waals surface area contributed by atoms with Crippen LogP contribution in [-0.2, 0) is 6.54 Å². The van der Waals surface area contributed by atoms with Crippen LogP contribution >= 0.6 is 0 Å². The summed E-state index contributed by atoms with van der Waals surface area (Å²) in [5.41, 5.74) is 1.50. The molecule has 3 aromatic heterocycles. The Labute approximate surface area is 170 Å². The summed E-state index contributed by atoms with van der Waals surface area (Å²) < 4.78 is 1.39. The van der Waals surface area contributed by atoms with Crippen LogP contribution in [0.2, 0.25) is 0 Å². The molecular formula is C22H19N5O3. The van der Waals surface area contributed by atoms with Crippen molar-refractivity contribution in [2.45, 2.75) is 32.2 Å². The van der Waals surface area contributed by atoms with E-state index in [0.29, 0.717) is 12.2 Å². The summed E-state index contributed by atoms with van der Waals surface area (Å²) >= 11 is 0. The van der Waals surface area contributed by atoms with E-state index in [4.69, 9.17) is 0 Å². The van der Waals surface area contributed by atoms with E-state index >= 15 is 0 Å². The van der Waals surface area contributed by atoms with Crippen molar-refractivity contribution in [1.29, 1.82) is 0 Å². The molecule has 8 heteroatoms. The summed E-state index contributed by atoms with van der Waals surface area (Å²) in [7, 11) is 0. The predicted molar refractivity (Wildman–Crippen MR) is 114 cm³/mol. The van der Waals surface area contributed by atoms with Gasteiger partial charge in [0.2, 0.25) is 0 Å². The second-order valence-corrected chi connectivity index (χ2v) is 7.44. The van der Waals surface area contributed by atoms with Crippen molar-refractivity contribution < 1.29 is 4.79 Å². The number of aryl methyl sites for hydroxylation is 1. The van der Waals surface area contributed by atoms with Crippen LogP contribution in [0.25, 0.3) is 21.9 Å². The summed E-state index contributed by atoms with van der Waals surface area (Å²) in [4.78, 5) is 49.2. The summed E-state index contributed by atoms with van der Waals surface area (Å²) in [6.07, 6.45) is 3.68. The van der Waals surface area contributed by atoms with Gasteiger partial charge in [-0.15, -0.1) is 0 Å². The SMILES string of the molecule is CCn1c(=O)[nH]c(=O)c2c(C(=O)Nc3ccc4ncccc4c3)cc(C3CC3)nc21. The largest absolute Gasteiger partial charge is 0.329 e. The number of hydrogen-bond acceptors (Lipinski definition) is 5. The molecule has 5 rings (SSSR count). The van der Waals surface area contributed by atoms with E-state index in [1.54, 1.807) is 25.3 Å². The zero-order valence-electron chi connectivity index (χ0n) is 16.3. The Morgan fingerprint density at radius 2 is 2.07 bits per heavy atom. The number of aromatic nitrogens is 4. The first-order valence-corrected chi connectivity index (χ1v) is 9.89. The minimum atomic E-state index is -0.609. The molecule has 0 saturated heterocycles. The molecule has 2 N–H and O–H groups in total. The average Bonchev–Trinajstić information content (AvgIpc) is 3.58. The molecule has 3 heterocycles. The number of hydrogen-bond donors (Lipinski definition) is 2. The fourth-order valence-corrected chi connectivity index (χ4v) is 3.71. The first-order chi connectivity index (χ1) is 14.5. The number of carbonyl (C=O) groups is 1. The number of pyridine rings is 2. The van der Waals surface area contributed by atoms with Crippen LogP contribution in [0.15, 0.2) is 52.2 Å². The molecule has 1 aliphatic rings. The molecule has 8 nitrogen and oxygen atoms in total. The molecule has 0 atom stereocenters. The second kappa shape index (κ2) is 6.91. The van der Waals surface area contributed by atoms with Gasteiger partial charge in [-0.25, -0.2) is 9.78 Å². The number of aromatic amines is 1. The zero-order chi connectivity index (χ0) is 20.8. The maximum atomic E-state index is 13.2. The summed E-state index contributed by atoms with van der Waals surface area (Å²) in [6, 6.07) is 10.8. The third-order valence-corrected chi connectivity index (χ3v) is 5.39. The number of amides is 1. The van der Waals surface area contributed by atoms with Gasteiger partial charge in [-0.3, -0.25) is 24.1 Å². The highest BCUT2D eigenvalue weighted by Gasteiger charge is 2.28. The lowest BCUT2D eigenvalue weighted by molar-refractivity contribution is 0.102. The highest BCUT2D eigenvalue weighted by Crippen LogP contribution is 2.40. The first kappa shape index (κ1) is 18.2. The van der Waals surface area contributed by atoms with Crippen molar-refractivity contribution in [3.8, 4) is 0 Å². The standard InChI is InChI=1S/C22H19N5O3/c1-2-27-19-18(21(29)26-22(27)30)15(11-17(25-19)12-5-6-12)20(28)24-14-7-8-16-13(10-14)4-3-9-23-16/h3-4,7-12H,2,5-6H2,1H3,(H,24,28)(H,26,29,30). The molecule has 30 heavy (non-hydrogen) atoms. The van der Waals surface area contributed by atoms with Crippen molar-refractivity contribution in [1.82, 2.24) is 19.5 Å². The van der Waals surface area contributed by atoms with Gasteiger partial charge < -0.3 is 5.32 Å². The predicted octanol–water partition coefficient (Wildman–Crippen LogP) is 2.78. The van der Waals surface area contributed by atoms with Gasteiger partial charge in [0.05, 0.1) is 16.5 Å². The Bertz CT molecular complexity index is 1430. The molecule has 0 bridgehead atoms. The monoisotopic (exact) mass is 401 g/mol. The van der Waals surface area contributed by atoms with Gasteiger partial charge in [0.25, 0.3) is 11.5 Å². The van der Waals surface area contributed by atoms with Gasteiger partial charge >= 0.3 is 5.69 Å². The van der Waals surface area contributed by atoms with Gasteiger partial charge in [-0.1, -0.05) is 6.07 Å². The Hall–Kier alpha value is -3.81. The van der Waals surface area contributed by atoms with Crippen LogP contribution in [0, 0.1) is 0 Å². The number of benzene rings is 1. The minimum absolute atomic E-state index is 0.126. The Morgan fingerprint density at radius 1 is 1.23 bits per heavy atom. The minimum Gasteiger partial charge on any atom is -0.322 e. The smallest absolute Gasteiger partial charge is 0.322 e. The molecular weight excluding hydrogens is 382 g/mol. The van der Waals surface area contributed by atoms with E-state index in [1.807, 2.05) is 24.3 Å². The molecule has 4 aromatic rings. The first-order valence-electron chi connectivity index (χ1n) is 9.89. The molecule has 1 saturated carbocycles. The van der Waals surface area contributed by atoms with Crippen LogP contribution in [-0.4, -0.2) is 25.4 Å². The van der Waals surface area contributed by atoms with E-state index in [1.165, 1.54) is 4.57 Å². The summed E-state index contributed by atoms with van der Waals surface area (Å²) in [5, 5.41) is 3.89. The van der Waals surface area contributed by atoms with Crippen LogP contribution in [0.3, 0.4) is 0 Å². The maximum absolute atomic E-state index is 13.2. The lowest BCUT2D eigenvalue weighted by Gasteiger charge is -2.13. The van der Waals surface area contributed by atoms with Crippen molar-refractivity contribution in [2.24, 2.45) is 0 Å². The topological polar surface area (TPSA) is 110 Å². The third-order valence-electron chi connectivity index (χ3n) is 5.39. The Morgan fingerprint density at radius 3 is 2.83 bits per heavy atom. The van der Waals surface area contributed by atoms with E-state index in [0.717, 1.165) is 29.4 Å². The van der Waals surface area contributed by atoms with E-state index in [2.05, 4.69) is 20.3 Å². The normalized spacial score (nSPS) is 13.6. The second-order valence-electron chi connectivity index (χ2n) is 7.44. The number of nitrogens with zero attached hydrogens (tertiary/aromatic N) is 3. The van der Waals surface area contributed by atoms with Gasteiger partial charge in [-0.05, 0) is 50.1 Å². The Balaban J connectivity index is 1.65. The highest BCUT2D eigenvalue weighted by molar-refractivity contribution is 6.12. The van der Waals surface area contributed by atoms with Gasteiger partial charge in [0.1, 0.15) is 0 Å². The lowest BCUT2D eigenvalue weighted by Crippen LogP contribution is -2.32. The maximum Gasteiger partial charge on any atom is 0.329 e. The highest BCUT2D eigenvalue weighted by atomic mass is 16.2. The van der Waals surface area contributed by atoms with Gasteiger partial charge in [-0.2, -0.15) is 0 Å². The molecule has 1 fully saturated rings. The van der Waals surface area contributed by atoms with Crippen LogP contribution < -0.4 is 16.6 Å². The zero-order valence-corrected chi connectivity index (χ0v) is 16.3. The molecule has 0 unspecified atom stereocenters. The van der Waals surface area contributed by atoms with Crippen molar-refractivity contribution in [2.75, 3.05) is 5.32 Å². The fraction of sp³-hybridized carbons (Fsp3) is 0.227. The number of nitrogens with one attached hydrogen (secondary N) is 2. The van der Waals surface area contributed by atoms with Crippen molar-refractivity contribution in [3.05, 3.63) is 74.7 Å². The number of rotatable bonds is 4. The number of anilines is 1.